The van der Waals surface area contributed by atoms with Crippen LogP contribution in [0.3, 0.4) is 0 Å². The maximum atomic E-state index is 5.74. The van der Waals surface area contributed by atoms with Crippen LogP contribution < -0.4 is 5.73 Å². The number of anilines is 1. The normalized spacial score (nSPS) is 10.3. The molecule has 0 saturated carbocycles. The van der Waals surface area contributed by atoms with Gasteiger partial charge in [0.2, 0.25) is 0 Å². The van der Waals surface area contributed by atoms with Crippen LogP contribution in [0.25, 0.3) is 17.0 Å². The molecule has 1 aromatic carbocycles. The SMILES string of the molecule is C=Cc1c(N)[nH]c2ccccc12. The summed E-state index contributed by atoms with van der Waals surface area (Å²) in [4.78, 5) is 3.08. The van der Waals surface area contributed by atoms with Gasteiger partial charge in [0.15, 0.2) is 0 Å². The average Bonchev–Trinajstić information content (AvgIpc) is 2.40. The van der Waals surface area contributed by atoms with E-state index in [0.717, 1.165) is 16.5 Å². The molecule has 0 spiro atoms. The fraction of sp³-hybridized carbons (Fsp3) is 0. The predicted molar refractivity (Wildman–Crippen MR) is 52.8 cm³/mol. The Bertz CT molecular complexity index is 426. The van der Waals surface area contributed by atoms with Crippen molar-refractivity contribution >= 4 is 22.8 Å². The summed E-state index contributed by atoms with van der Waals surface area (Å²) in [6.45, 7) is 3.71. The van der Waals surface area contributed by atoms with Gasteiger partial charge in [-0.05, 0) is 6.07 Å². The van der Waals surface area contributed by atoms with Gasteiger partial charge in [-0.25, -0.2) is 0 Å². The largest absolute Gasteiger partial charge is 0.385 e. The lowest BCUT2D eigenvalue weighted by Gasteiger charge is -1.89. The molecule has 60 valence electrons. The topological polar surface area (TPSA) is 41.8 Å². The minimum atomic E-state index is 0.686. The fourth-order valence-corrected chi connectivity index (χ4v) is 1.40. The van der Waals surface area contributed by atoms with Crippen LogP contribution in [0, 0.1) is 0 Å². The zero-order valence-electron chi connectivity index (χ0n) is 6.67. The molecule has 0 aliphatic rings. The number of hydrogen-bond acceptors (Lipinski definition) is 1. The first-order valence-corrected chi connectivity index (χ1v) is 3.81. The van der Waals surface area contributed by atoms with Gasteiger partial charge in [-0.15, -0.1) is 0 Å². The van der Waals surface area contributed by atoms with E-state index in [9.17, 15) is 0 Å². The first-order valence-electron chi connectivity index (χ1n) is 3.81. The number of nitrogens with two attached hydrogens (primary N) is 1. The third-order valence-electron chi connectivity index (χ3n) is 1.98. The van der Waals surface area contributed by atoms with Gasteiger partial charge in [0.05, 0.1) is 0 Å². The van der Waals surface area contributed by atoms with Crippen LogP contribution in [0.2, 0.25) is 0 Å². The van der Waals surface area contributed by atoms with E-state index >= 15 is 0 Å². The van der Waals surface area contributed by atoms with Crippen molar-refractivity contribution in [3.63, 3.8) is 0 Å². The summed E-state index contributed by atoms with van der Waals surface area (Å²) in [7, 11) is 0. The summed E-state index contributed by atoms with van der Waals surface area (Å²) in [5.41, 5.74) is 7.79. The Hall–Kier alpha value is -1.70. The number of rotatable bonds is 1. The van der Waals surface area contributed by atoms with E-state index < -0.39 is 0 Å². The molecule has 1 aromatic heterocycles. The van der Waals surface area contributed by atoms with Gasteiger partial charge in [0, 0.05) is 16.5 Å². The van der Waals surface area contributed by atoms with Gasteiger partial charge in [0.1, 0.15) is 5.82 Å². The second-order valence-corrected chi connectivity index (χ2v) is 2.70. The third kappa shape index (κ3) is 0.815. The van der Waals surface area contributed by atoms with Crippen LogP contribution >= 0.6 is 0 Å². The lowest BCUT2D eigenvalue weighted by atomic mass is 10.2. The number of hydrogen-bond donors (Lipinski definition) is 2. The monoisotopic (exact) mass is 158 g/mol. The predicted octanol–water partition coefficient (Wildman–Crippen LogP) is 2.39. The highest BCUT2D eigenvalue weighted by atomic mass is 14.8. The van der Waals surface area contributed by atoms with Crippen molar-refractivity contribution in [1.82, 2.24) is 4.98 Å². The minimum Gasteiger partial charge on any atom is -0.385 e. The number of aromatic amines is 1. The summed E-state index contributed by atoms with van der Waals surface area (Å²) >= 11 is 0. The van der Waals surface area contributed by atoms with Gasteiger partial charge in [-0.1, -0.05) is 30.9 Å². The average molecular weight is 158 g/mol. The number of aromatic nitrogens is 1. The van der Waals surface area contributed by atoms with Crippen LogP contribution in [0.15, 0.2) is 30.8 Å². The van der Waals surface area contributed by atoms with E-state index in [1.165, 1.54) is 0 Å². The van der Waals surface area contributed by atoms with E-state index in [2.05, 4.69) is 11.6 Å². The van der Waals surface area contributed by atoms with Crippen molar-refractivity contribution in [2.75, 3.05) is 5.73 Å². The van der Waals surface area contributed by atoms with E-state index in [4.69, 9.17) is 5.73 Å². The molecule has 2 rings (SSSR count). The van der Waals surface area contributed by atoms with Crippen molar-refractivity contribution in [2.24, 2.45) is 0 Å². The Kier molecular flexibility index (Phi) is 1.40. The molecule has 0 fully saturated rings. The molecule has 3 N–H and O–H groups in total. The van der Waals surface area contributed by atoms with Gasteiger partial charge in [-0.3, -0.25) is 0 Å². The Balaban J connectivity index is 2.90. The molecule has 2 nitrogen and oxygen atoms in total. The molecule has 0 radical (unpaired) electrons. The van der Waals surface area contributed by atoms with Crippen LogP contribution in [0.4, 0.5) is 5.82 Å². The molecule has 0 unspecified atom stereocenters. The van der Waals surface area contributed by atoms with Gasteiger partial charge in [-0.2, -0.15) is 0 Å². The van der Waals surface area contributed by atoms with Crippen molar-refractivity contribution < 1.29 is 0 Å². The number of nitrogen functional groups attached to an aromatic ring is 1. The molecule has 12 heavy (non-hydrogen) atoms. The Morgan fingerprint density at radius 3 is 2.83 bits per heavy atom. The van der Waals surface area contributed by atoms with Gasteiger partial charge < -0.3 is 10.7 Å². The highest BCUT2D eigenvalue weighted by Crippen LogP contribution is 2.24. The maximum absolute atomic E-state index is 5.74. The molecule has 0 saturated heterocycles. The second-order valence-electron chi connectivity index (χ2n) is 2.70. The number of para-hydroxylation sites is 1. The van der Waals surface area contributed by atoms with Crippen molar-refractivity contribution in [3.05, 3.63) is 36.4 Å². The Morgan fingerprint density at radius 1 is 1.33 bits per heavy atom. The summed E-state index contributed by atoms with van der Waals surface area (Å²) in [6, 6.07) is 7.99. The van der Waals surface area contributed by atoms with E-state index in [0.29, 0.717) is 5.82 Å². The molecule has 2 heteroatoms. The van der Waals surface area contributed by atoms with Crippen LogP contribution in [0.1, 0.15) is 5.56 Å². The highest BCUT2D eigenvalue weighted by molar-refractivity contribution is 5.94. The van der Waals surface area contributed by atoms with Crippen LogP contribution in [0.5, 0.6) is 0 Å². The second kappa shape index (κ2) is 2.41. The maximum Gasteiger partial charge on any atom is 0.109 e. The number of nitrogens with one attached hydrogen (secondary N) is 1. The smallest absolute Gasteiger partial charge is 0.109 e. The molecule has 0 aliphatic carbocycles. The zero-order chi connectivity index (χ0) is 8.55. The molecule has 1 heterocycles. The Morgan fingerprint density at radius 2 is 2.08 bits per heavy atom. The van der Waals surface area contributed by atoms with E-state index in [1.807, 2.05) is 24.3 Å². The summed E-state index contributed by atoms with van der Waals surface area (Å²) in [5.74, 6) is 0.686. The molecule has 2 aromatic rings. The summed E-state index contributed by atoms with van der Waals surface area (Å²) in [5, 5.41) is 1.13. The summed E-state index contributed by atoms with van der Waals surface area (Å²) < 4.78 is 0. The number of H-pyrrole nitrogens is 1. The fourth-order valence-electron chi connectivity index (χ4n) is 1.40. The van der Waals surface area contributed by atoms with Crippen molar-refractivity contribution in [1.29, 1.82) is 0 Å². The first kappa shape index (κ1) is 6.98. The first-order chi connectivity index (χ1) is 5.83. The van der Waals surface area contributed by atoms with Gasteiger partial charge >= 0.3 is 0 Å². The van der Waals surface area contributed by atoms with Gasteiger partial charge in [0.25, 0.3) is 0 Å². The molecule has 0 aliphatic heterocycles. The molecule has 0 bridgehead atoms. The molecular weight excluding hydrogens is 148 g/mol. The van der Waals surface area contributed by atoms with E-state index in [-0.39, 0.29) is 0 Å². The lowest BCUT2D eigenvalue weighted by molar-refractivity contribution is 1.47. The zero-order valence-corrected chi connectivity index (χ0v) is 6.67. The van der Waals surface area contributed by atoms with Crippen LogP contribution in [-0.2, 0) is 0 Å². The molecule has 0 atom stereocenters. The highest BCUT2D eigenvalue weighted by Gasteiger charge is 2.03. The standard InChI is InChI=1S/C10H10N2/c1-2-7-8-5-3-4-6-9(8)12-10(7)11/h2-6,12H,1,11H2. The molecular formula is C10H10N2. The quantitative estimate of drug-likeness (QED) is 0.657. The lowest BCUT2D eigenvalue weighted by Crippen LogP contribution is -1.85. The third-order valence-corrected chi connectivity index (χ3v) is 1.98. The van der Waals surface area contributed by atoms with Crippen LogP contribution in [-0.4, -0.2) is 4.98 Å². The van der Waals surface area contributed by atoms with Crippen molar-refractivity contribution in [3.8, 4) is 0 Å². The number of benzene rings is 1. The number of fused-ring (bicyclic) bond motifs is 1. The minimum absolute atomic E-state index is 0.686. The van der Waals surface area contributed by atoms with Crippen molar-refractivity contribution in [2.45, 2.75) is 0 Å². The molecule has 0 amide bonds. The summed E-state index contributed by atoms with van der Waals surface area (Å²) in [6.07, 6.45) is 1.77. The Labute approximate surface area is 70.7 Å². The van der Waals surface area contributed by atoms with E-state index in [1.54, 1.807) is 6.08 Å².